The molecule has 0 spiro atoms. The average Bonchev–Trinajstić information content (AvgIpc) is 2.09. The quantitative estimate of drug-likeness (QED) is 0.783. The van der Waals surface area contributed by atoms with E-state index >= 15 is 0 Å². The lowest BCUT2D eigenvalue weighted by Gasteiger charge is -2.09. The molecule has 0 atom stereocenters. The summed E-state index contributed by atoms with van der Waals surface area (Å²) in [6.07, 6.45) is -1.21. The van der Waals surface area contributed by atoms with E-state index < -0.39 is 6.43 Å². The topological polar surface area (TPSA) is 22.1 Å². The summed E-state index contributed by atoms with van der Waals surface area (Å²) in [6.45, 7) is 1.73. The van der Waals surface area contributed by atoms with Crippen molar-refractivity contribution in [2.45, 2.75) is 13.3 Å². The molecule has 0 aliphatic rings. The predicted octanol–water partition coefficient (Wildman–Crippen LogP) is 2.94. The van der Waals surface area contributed by atoms with Crippen molar-refractivity contribution < 1.29 is 13.5 Å². The fourth-order valence-electron chi connectivity index (χ4n) is 0.940. The van der Waals surface area contributed by atoms with Crippen LogP contribution in [-0.2, 0) is 0 Å². The Morgan fingerprint density at radius 2 is 2.15 bits per heavy atom. The highest BCUT2D eigenvalue weighted by atomic mass is 127. The van der Waals surface area contributed by atoms with Gasteiger partial charge in [0.25, 0.3) is 6.43 Å². The van der Waals surface area contributed by atoms with Crippen LogP contribution in [0.5, 0.6) is 5.75 Å². The van der Waals surface area contributed by atoms with Gasteiger partial charge >= 0.3 is 0 Å². The monoisotopic (exact) mass is 299 g/mol. The number of ether oxygens (including phenoxy) is 1. The fourth-order valence-corrected chi connectivity index (χ4v) is 1.58. The van der Waals surface area contributed by atoms with Crippen LogP contribution in [-0.4, -0.2) is 12.1 Å². The highest BCUT2D eigenvalue weighted by Crippen LogP contribution is 2.29. The molecule has 0 aliphatic carbocycles. The molecule has 72 valence electrons. The van der Waals surface area contributed by atoms with Crippen LogP contribution in [0.2, 0.25) is 0 Å². The third kappa shape index (κ3) is 2.07. The van der Waals surface area contributed by atoms with Crippen molar-refractivity contribution in [1.29, 1.82) is 0 Å². The molecule has 5 heteroatoms. The number of aromatic nitrogens is 1. The molecule has 0 radical (unpaired) electrons. The maximum atomic E-state index is 12.3. The van der Waals surface area contributed by atoms with Gasteiger partial charge in [-0.25, -0.2) is 8.78 Å². The van der Waals surface area contributed by atoms with E-state index in [0.29, 0.717) is 14.9 Å². The first-order valence-corrected chi connectivity index (χ1v) is 4.63. The Kier molecular flexibility index (Phi) is 3.40. The standard InChI is InChI=1S/C8H8F2INO/c1-4-5(13-2)3-12-7(6(4)11)8(9)10/h3,8H,1-2H3. The molecule has 0 saturated carbocycles. The van der Waals surface area contributed by atoms with E-state index in [1.807, 2.05) is 22.6 Å². The molecule has 1 rings (SSSR count). The number of nitrogens with zero attached hydrogens (tertiary/aromatic N) is 1. The largest absolute Gasteiger partial charge is 0.495 e. The molecule has 1 heterocycles. The summed E-state index contributed by atoms with van der Waals surface area (Å²) in [5.41, 5.74) is 0.521. The molecule has 0 fully saturated rings. The van der Waals surface area contributed by atoms with Crippen molar-refractivity contribution in [1.82, 2.24) is 4.98 Å². The minimum Gasteiger partial charge on any atom is -0.495 e. The van der Waals surface area contributed by atoms with Gasteiger partial charge in [0.1, 0.15) is 11.4 Å². The molecule has 0 bridgehead atoms. The number of rotatable bonds is 2. The Balaban J connectivity index is 3.23. The van der Waals surface area contributed by atoms with Gasteiger partial charge in [0.15, 0.2) is 0 Å². The van der Waals surface area contributed by atoms with Gasteiger partial charge in [-0.15, -0.1) is 0 Å². The second-order valence-corrected chi connectivity index (χ2v) is 3.53. The SMILES string of the molecule is COc1cnc(C(F)F)c(I)c1C. The first-order chi connectivity index (χ1) is 6.07. The minimum atomic E-state index is -2.53. The Morgan fingerprint density at radius 3 is 2.62 bits per heavy atom. The molecule has 1 aromatic rings. The third-order valence-corrected chi connectivity index (χ3v) is 3.03. The van der Waals surface area contributed by atoms with E-state index in [1.165, 1.54) is 13.3 Å². The summed E-state index contributed by atoms with van der Waals surface area (Å²) in [4.78, 5) is 3.63. The van der Waals surface area contributed by atoms with E-state index in [2.05, 4.69) is 4.98 Å². The van der Waals surface area contributed by atoms with Crippen LogP contribution < -0.4 is 4.74 Å². The molecule has 0 aliphatic heterocycles. The Bertz CT molecular complexity index is 317. The molecule has 0 unspecified atom stereocenters. The number of alkyl halides is 2. The first kappa shape index (κ1) is 10.6. The summed E-state index contributed by atoms with van der Waals surface area (Å²) in [5.74, 6) is 0.536. The van der Waals surface area contributed by atoms with Crippen molar-refractivity contribution in [3.63, 3.8) is 0 Å². The van der Waals surface area contributed by atoms with E-state index in [4.69, 9.17) is 4.74 Å². The highest BCUT2D eigenvalue weighted by molar-refractivity contribution is 14.1. The normalized spacial score (nSPS) is 10.6. The zero-order valence-electron chi connectivity index (χ0n) is 7.14. The van der Waals surface area contributed by atoms with Crippen molar-refractivity contribution in [3.05, 3.63) is 21.0 Å². The van der Waals surface area contributed by atoms with E-state index in [1.54, 1.807) is 6.92 Å². The van der Waals surface area contributed by atoms with E-state index in [-0.39, 0.29) is 5.69 Å². The zero-order chi connectivity index (χ0) is 10.0. The highest BCUT2D eigenvalue weighted by Gasteiger charge is 2.16. The van der Waals surface area contributed by atoms with Crippen molar-refractivity contribution in [3.8, 4) is 5.75 Å². The number of halogens is 3. The van der Waals surface area contributed by atoms with Crippen LogP contribution >= 0.6 is 22.6 Å². The van der Waals surface area contributed by atoms with Gasteiger partial charge in [0, 0.05) is 9.13 Å². The second-order valence-electron chi connectivity index (χ2n) is 2.45. The fraction of sp³-hybridized carbons (Fsp3) is 0.375. The predicted molar refractivity (Wildman–Crippen MR) is 53.2 cm³/mol. The van der Waals surface area contributed by atoms with Crippen LogP contribution in [0.4, 0.5) is 8.78 Å². The van der Waals surface area contributed by atoms with Crippen LogP contribution in [0.1, 0.15) is 17.7 Å². The number of hydrogen-bond acceptors (Lipinski definition) is 2. The number of hydrogen-bond donors (Lipinski definition) is 0. The maximum Gasteiger partial charge on any atom is 0.281 e. The average molecular weight is 299 g/mol. The lowest BCUT2D eigenvalue weighted by molar-refractivity contribution is 0.144. The summed E-state index contributed by atoms with van der Waals surface area (Å²) in [7, 11) is 1.49. The molecular formula is C8H8F2INO. The number of methoxy groups -OCH3 is 1. The lowest BCUT2D eigenvalue weighted by atomic mass is 10.2. The van der Waals surface area contributed by atoms with Gasteiger partial charge in [-0.05, 0) is 29.5 Å². The van der Waals surface area contributed by atoms with E-state index in [0.717, 1.165) is 0 Å². The Morgan fingerprint density at radius 1 is 1.54 bits per heavy atom. The molecule has 13 heavy (non-hydrogen) atoms. The van der Waals surface area contributed by atoms with Gasteiger partial charge in [0.05, 0.1) is 13.3 Å². The van der Waals surface area contributed by atoms with Gasteiger partial charge < -0.3 is 4.74 Å². The van der Waals surface area contributed by atoms with Gasteiger partial charge in [0.2, 0.25) is 0 Å². The Labute approximate surface area is 88.5 Å². The molecular weight excluding hydrogens is 291 g/mol. The van der Waals surface area contributed by atoms with Crippen LogP contribution in [0.3, 0.4) is 0 Å². The summed E-state index contributed by atoms with van der Waals surface area (Å²) in [5, 5.41) is 0. The van der Waals surface area contributed by atoms with Gasteiger partial charge in [-0.1, -0.05) is 0 Å². The summed E-state index contributed by atoms with van der Waals surface area (Å²) in [6, 6.07) is 0. The molecule has 0 N–H and O–H groups in total. The van der Waals surface area contributed by atoms with Gasteiger partial charge in [-0.2, -0.15) is 0 Å². The molecule has 0 saturated heterocycles. The van der Waals surface area contributed by atoms with Crippen molar-refractivity contribution in [2.24, 2.45) is 0 Å². The Hall–Kier alpha value is -0.460. The van der Waals surface area contributed by atoms with Gasteiger partial charge in [-0.3, -0.25) is 4.98 Å². The third-order valence-electron chi connectivity index (χ3n) is 1.67. The van der Waals surface area contributed by atoms with E-state index in [9.17, 15) is 8.78 Å². The number of pyridine rings is 1. The molecule has 0 amide bonds. The van der Waals surface area contributed by atoms with Crippen LogP contribution in [0, 0.1) is 10.5 Å². The smallest absolute Gasteiger partial charge is 0.281 e. The van der Waals surface area contributed by atoms with Crippen molar-refractivity contribution >= 4 is 22.6 Å². The zero-order valence-corrected chi connectivity index (χ0v) is 9.30. The minimum absolute atomic E-state index is 0.182. The first-order valence-electron chi connectivity index (χ1n) is 3.55. The lowest BCUT2D eigenvalue weighted by Crippen LogP contribution is -1.99. The summed E-state index contributed by atoms with van der Waals surface area (Å²) >= 11 is 1.85. The summed E-state index contributed by atoms with van der Waals surface area (Å²) < 4.78 is 30.1. The second kappa shape index (κ2) is 4.17. The molecule has 1 aromatic heterocycles. The maximum absolute atomic E-state index is 12.3. The van der Waals surface area contributed by atoms with Crippen LogP contribution in [0.15, 0.2) is 6.20 Å². The van der Waals surface area contributed by atoms with Crippen molar-refractivity contribution in [2.75, 3.05) is 7.11 Å². The molecule has 2 nitrogen and oxygen atoms in total. The van der Waals surface area contributed by atoms with Crippen LogP contribution in [0.25, 0.3) is 0 Å². The molecule has 0 aromatic carbocycles.